The Morgan fingerprint density at radius 3 is 2.65 bits per heavy atom. The van der Waals surface area contributed by atoms with Gasteiger partial charge in [-0.3, -0.25) is 5.32 Å². The van der Waals surface area contributed by atoms with Crippen molar-refractivity contribution >= 4 is 21.9 Å². The SMILES string of the molecule is COC(OC)[C@@]1(C)Oc2ccc(Br)cc2[C@H](NC(=NCc2ccccc2)NC#N)[C@@H]1O. The summed E-state index contributed by atoms with van der Waals surface area (Å²) < 4.78 is 17.8. The maximum atomic E-state index is 11.3. The molecule has 0 saturated heterocycles. The number of hydrogen-bond acceptors (Lipinski definition) is 6. The number of hydrogen-bond donors (Lipinski definition) is 3. The van der Waals surface area contributed by atoms with Gasteiger partial charge in [-0.2, -0.15) is 5.26 Å². The smallest absolute Gasteiger partial charge is 0.205 e. The Balaban J connectivity index is 1.97. The Labute approximate surface area is 190 Å². The van der Waals surface area contributed by atoms with E-state index >= 15 is 0 Å². The molecule has 1 heterocycles. The molecule has 2 aromatic carbocycles. The van der Waals surface area contributed by atoms with Crippen LogP contribution in [0, 0.1) is 11.5 Å². The highest BCUT2D eigenvalue weighted by Crippen LogP contribution is 2.43. The van der Waals surface area contributed by atoms with Gasteiger partial charge in [0.05, 0.1) is 12.6 Å². The monoisotopic (exact) mass is 488 g/mol. The van der Waals surface area contributed by atoms with Gasteiger partial charge in [0, 0.05) is 24.3 Å². The van der Waals surface area contributed by atoms with Gasteiger partial charge >= 0.3 is 0 Å². The lowest BCUT2D eigenvalue weighted by Crippen LogP contribution is -2.62. The first kappa shape index (κ1) is 23.0. The predicted molar refractivity (Wildman–Crippen MR) is 119 cm³/mol. The fourth-order valence-corrected chi connectivity index (χ4v) is 4.02. The molecule has 0 spiro atoms. The summed E-state index contributed by atoms with van der Waals surface area (Å²) in [6, 6.07) is 14.5. The minimum atomic E-state index is -1.22. The van der Waals surface area contributed by atoms with Gasteiger partial charge in [-0.15, -0.1) is 0 Å². The predicted octanol–water partition coefficient (Wildman–Crippen LogP) is 2.84. The zero-order valence-electron chi connectivity index (χ0n) is 17.5. The Bertz CT molecular complexity index is 962. The number of halogens is 1. The van der Waals surface area contributed by atoms with Crippen molar-refractivity contribution in [1.29, 1.82) is 5.26 Å². The molecule has 0 aliphatic carbocycles. The average molecular weight is 489 g/mol. The number of aliphatic imine (C=N–C) groups is 1. The van der Waals surface area contributed by atoms with Crippen LogP contribution >= 0.6 is 15.9 Å². The Morgan fingerprint density at radius 2 is 2.00 bits per heavy atom. The van der Waals surface area contributed by atoms with Gasteiger partial charge in [-0.25, -0.2) is 4.99 Å². The fourth-order valence-electron chi connectivity index (χ4n) is 3.64. The molecule has 3 atom stereocenters. The highest BCUT2D eigenvalue weighted by Gasteiger charge is 2.52. The van der Waals surface area contributed by atoms with E-state index in [1.54, 1.807) is 13.0 Å². The van der Waals surface area contributed by atoms with Crippen molar-refractivity contribution in [2.24, 2.45) is 4.99 Å². The molecule has 3 rings (SSSR count). The van der Waals surface area contributed by atoms with Crippen LogP contribution in [0.4, 0.5) is 0 Å². The van der Waals surface area contributed by atoms with E-state index in [4.69, 9.17) is 14.2 Å². The normalized spacial score (nSPS) is 22.9. The van der Waals surface area contributed by atoms with Gasteiger partial charge in [0.2, 0.25) is 5.96 Å². The zero-order chi connectivity index (χ0) is 22.4. The maximum absolute atomic E-state index is 11.3. The molecule has 8 nitrogen and oxygen atoms in total. The van der Waals surface area contributed by atoms with Crippen molar-refractivity contribution in [2.75, 3.05) is 14.2 Å². The van der Waals surface area contributed by atoms with Crippen molar-refractivity contribution < 1.29 is 19.3 Å². The van der Waals surface area contributed by atoms with Crippen LogP contribution in [0.5, 0.6) is 5.75 Å². The molecule has 0 unspecified atom stereocenters. The third kappa shape index (κ3) is 4.99. The van der Waals surface area contributed by atoms with Gasteiger partial charge in [-0.1, -0.05) is 46.3 Å². The van der Waals surface area contributed by atoms with Crippen LogP contribution in [0.1, 0.15) is 24.1 Å². The molecule has 0 radical (unpaired) electrons. The molecule has 164 valence electrons. The molecule has 0 bridgehead atoms. The summed E-state index contributed by atoms with van der Waals surface area (Å²) in [5.41, 5.74) is 0.470. The van der Waals surface area contributed by atoms with Crippen LogP contribution < -0.4 is 15.4 Å². The molecule has 1 aliphatic heterocycles. The van der Waals surface area contributed by atoms with Crippen LogP contribution in [0.3, 0.4) is 0 Å². The Morgan fingerprint density at radius 1 is 1.29 bits per heavy atom. The van der Waals surface area contributed by atoms with E-state index < -0.39 is 24.0 Å². The minimum Gasteiger partial charge on any atom is -0.479 e. The summed E-state index contributed by atoms with van der Waals surface area (Å²) in [6.45, 7) is 2.08. The molecule has 1 aliphatic rings. The lowest BCUT2D eigenvalue weighted by molar-refractivity contribution is -0.238. The number of methoxy groups -OCH3 is 2. The molecule has 0 aromatic heterocycles. The van der Waals surface area contributed by atoms with Crippen molar-refractivity contribution in [3.05, 3.63) is 64.1 Å². The third-order valence-electron chi connectivity index (χ3n) is 5.17. The first-order valence-electron chi connectivity index (χ1n) is 9.65. The molecule has 0 amide bonds. The topological polar surface area (TPSA) is 108 Å². The summed E-state index contributed by atoms with van der Waals surface area (Å²) >= 11 is 3.47. The van der Waals surface area contributed by atoms with Crippen molar-refractivity contribution in [3.8, 4) is 11.9 Å². The standard InChI is InChI=1S/C22H25BrN4O4/c1-22(20(29-2)30-3)19(28)18(16-11-15(23)9-10-17(16)31-22)27-21(26-13-24)25-12-14-7-5-4-6-8-14/h4-11,18-20,28H,12H2,1-3H3,(H2,25,26,27)/t18-,19-,22-/m0/s1. The van der Waals surface area contributed by atoms with E-state index in [2.05, 4.69) is 31.6 Å². The van der Waals surface area contributed by atoms with Crippen LogP contribution in [-0.2, 0) is 16.0 Å². The number of ether oxygens (including phenoxy) is 3. The van der Waals surface area contributed by atoms with Gasteiger partial charge < -0.3 is 24.6 Å². The first-order chi connectivity index (χ1) is 14.9. The quantitative estimate of drug-likeness (QED) is 0.188. The van der Waals surface area contributed by atoms with Crippen LogP contribution in [-0.4, -0.2) is 43.3 Å². The molecule has 9 heteroatoms. The third-order valence-corrected chi connectivity index (χ3v) is 5.66. The average Bonchev–Trinajstić information content (AvgIpc) is 2.77. The number of benzene rings is 2. The first-order valence-corrected chi connectivity index (χ1v) is 10.4. The van der Waals surface area contributed by atoms with E-state index in [-0.39, 0.29) is 5.96 Å². The summed E-state index contributed by atoms with van der Waals surface area (Å²) in [4.78, 5) is 4.49. The summed E-state index contributed by atoms with van der Waals surface area (Å²) in [7, 11) is 2.97. The van der Waals surface area contributed by atoms with Crippen molar-refractivity contribution in [1.82, 2.24) is 10.6 Å². The van der Waals surface area contributed by atoms with Gasteiger partial charge in [-0.05, 0) is 30.7 Å². The fraction of sp³-hybridized carbons (Fsp3) is 0.364. The number of nitriles is 1. The van der Waals surface area contributed by atoms with Crippen molar-refractivity contribution in [2.45, 2.75) is 37.5 Å². The van der Waals surface area contributed by atoms with Gasteiger partial charge in [0.1, 0.15) is 11.9 Å². The summed E-state index contributed by atoms with van der Waals surface area (Å²) in [6.07, 6.45) is -0.0368. The minimum absolute atomic E-state index is 0.233. The molecular weight excluding hydrogens is 464 g/mol. The molecule has 0 fully saturated rings. The lowest BCUT2D eigenvalue weighted by Gasteiger charge is -2.46. The van der Waals surface area contributed by atoms with E-state index in [0.29, 0.717) is 17.9 Å². The van der Waals surface area contributed by atoms with Crippen LogP contribution in [0.25, 0.3) is 0 Å². The number of fused-ring (bicyclic) bond motifs is 1. The van der Waals surface area contributed by atoms with Gasteiger partial charge in [0.25, 0.3) is 0 Å². The second-order valence-electron chi connectivity index (χ2n) is 7.23. The summed E-state index contributed by atoms with van der Waals surface area (Å²) in [5, 5.41) is 26.3. The molecule has 0 saturated carbocycles. The zero-order valence-corrected chi connectivity index (χ0v) is 19.1. The number of guanidine groups is 1. The number of nitrogens with zero attached hydrogens (tertiary/aromatic N) is 2. The number of rotatable bonds is 6. The highest BCUT2D eigenvalue weighted by molar-refractivity contribution is 9.10. The van der Waals surface area contributed by atoms with E-state index in [9.17, 15) is 10.4 Å². The van der Waals surface area contributed by atoms with Gasteiger partial charge in [0.15, 0.2) is 18.1 Å². The largest absolute Gasteiger partial charge is 0.479 e. The second-order valence-corrected chi connectivity index (χ2v) is 8.14. The second kappa shape index (κ2) is 10.1. The summed E-state index contributed by atoms with van der Waals surface area (Å²) in [5.74, 6) is 0.795. The molecular formula is C22H25BrN4O4. The Hall–Kier alpha value is -2.64. The molecule has 31 heavy (non-hydrogen) atoms. The van der Waals surface area contributed by atoms with E-state index in [1.807, 2.05) is 48.7 Å². The number of aliphatic hydroxyl groups is 1. The van der Waals surface area contributed by atoms with Crippen LogP contribution in [0.2, 0.25) is 0 Å². The number of nitrogens with one attached hydrogen (secondary N) is 2. The van der Waals surface area contributed by atoms with Crippen LogP contribution in [0.15, 0.2) is 58.0 Å². The number of aliphatic hydroxyl groups excluding tert-OH is 1. The Kier molecular flexibility index (Phi) is 7.51. The van der Waals surface area contributed by atoms with Crippen molar-refractivity contribution in [3.63, 3.8) is 0 Å². The maximum Gasteiger partial charge on any atom is 0.205 e. The lowest BCUT2D eigenvalue weighted by atomic mass is 9.84. The highest BCUT2D eigenvalue weighted by atomic mass is 79.9. The van der Waals surface area contributed by atoms with E-state index in [0.717, 1.165) is 10.0 Å². The molecule has 3 N–H and O–H groups in total. The van der Waals surface area contributed by atoms with E-state index in [1.165, 1.54) is 14.2 Å². The molecule has 2 aromatic rings.